The first-order valence-electron chi connectivity index (χ1n) is 8.56. The van der Waals surface area contributed by atoms with Gasteiger partial charge in [0, 0.05) is 12.1 Å². The maximum absolute atomic E-state index is 13.7. The van der Waals surface area contributed by atoms with Gasteiger partial charge in [0.2, 0.25) is 0 Å². The van der Waals surface area contributed by atoms with Crippen molar-refractivity contribution < 1.29 is 17.6 Å². The van der Waals surface area contributed by atoms with E-state index in [4.69, 9.17) is 0 Å². The van der Waals surface area contributed by atoms with E-state index in [1.54, 1.807) is 0 Å². The van der Waals surface area contributed by atoms with Gasteiger partial charge in [-0.1, -0.05) is 42.0 Å². The topological polar surface area (TPSA) is 75.3 Å². The molecule has 3 rings (SSSR count). The molecule has 144 valence electrons. The molecule has 3 aromatic carbocycles. The summed E-state index contributed by atoms with van der Waals surface area (Å²) < 4.78 is 40.7. The molecule has 0 saturated carbocycles. The number of carbonyl (C=O) groups excluding carboxylic acids is 1. The molecule has 3 aromatic rings. The molecule has 0 aliphatic heterocycles. The third-order valence-electron chi connectivity index (χ3n) is 4.12. The number of amides is 1. The summed E-state index contributed by atoms with van der Waals surface area (Å²) >= 11 is 0. The minimum absolute atomic E-state index is 0.0640. The van der Waals surface area contributed by atoms with Gasteiger partial charge in [0.25, 0.3) is 15.9 Å². The molecular formula is C21H19FN2O3S. The van der Waals surface area contributed by atoms with Crippen molar-refractivity contribution in [1.82, 2.24) is 5.32 Å². The fourth-order valence-corrected chi connectivity index (χ4v) is 3.59. The van der Waals surface area contributed by atoms with Crippen LogP contribution in [0.5, 0.6) is 0 Å². The molecule has 0 fully saturated rings. The van der Waals surface area contributed by atoms with Crippen molar-refractivity contribution in [2.75, 3.05) is 4.72 Å². The summed E-state index contributed by atoms with van der Waals surface area (Å²) in [4.78, 5) is 12.2. The zero-order valence-corrected chi connectivity index (χ0v) is 16.0. The molecule has 0 aliphatic rings. The molecule has 0 heterocycles. The highest BCUT2D eigenvalue weighted by atomic mass is 32.2. The maximum Gasteiger partial charge on any atom is 0.261 e. The molecule has 5 nitrogen and oxygen atoms in total. The van der Waals surface area contributed by atoms with E-state index in [-0.39, 0.29) is 16.5 Å². The third kappa shape index (κ3) is 4.75. The summed E-state index contributed by atoms with van der Waals surface area (Å²) in [6.45, 7) is 2.35. The number of nitrogens with one attached hydrogen (secondary N) is 2. The molecule has 0 atom stereocenters. The molecule has 28 heavy (non-hydrogen) atoms. The summed E-state index contributed by atoms with van der Waals surface area (Å²) in [6.07, 6.45) is 0. The number of sulfonamides is 1. The number of hydrogen-bond acceptors (Lipinski definition) is 3. The molecular weight excluding hydrogens is 379 g/mol. The van der Waals surface area contributed by atoms with Crippen LogP contribution in [0, 0.1) is 12.7 Å². The van der Waals surface area contributed by atoms with Crippen LogP contribution in [0.25, 0.3) is 0 Å². The van der Waals surface area contributed by atoms with E-state index < -0.39 is 15.8 Å². The van der Waals surface area contributed by atoms with E-state index in [1.807, 2.05) is 31.2 Å². The second-order valence-corrected chi connectivity index (χ2v) is 7.96. The van der Waals surface area contributed by atoms with Crippen LogP contribution in [0.1, 0.15) is 21.5 Å². The molecule has 0 aliphatic carbocycles. The molecule has 7 heteroatoms. The van der Waals surface area contributed by atoms with Gasteiger partial charge in [-0.15, -0.1) is 0 Å². The van der Waals surface area contributed by atoms with E-state index in [2.05, 4.69) is 10.0 Å². The smallest absolute Gasteiger partial charge is 0.261 e. The minimum atomic E-state index is -3.96. The van der Waals surface area contributed by atoms with Crippen molar-refractivity contribution in [2.24, 2.45) is 0 Å². The standard InChI is InChI=1S/C21H19FN2O3S/c1-15-6-8-16(9-7-15)14-23-21(25)17-10-12-18(13-11-17)28(26,27)24-20-5-3-2-4-19(20)22/h2-13,24H,14H2,1H3,(H,23,25). The lowest BCUT2D eigenvalue weighted by Crippen LogP contribution is -2.23. The monoisotopic (exact) mass is 398 g/mol. The predicted octanol–water partition coefficient (Wildman–Crippen LogP) is 3.86. The number of aryl methyl sites for hydroxylation is 1. The van der Waals surface area contributed by atoms with Crippen LogP contribution >= 0.6 is 0 Å². The van der Waals surface area contributed by atoms with Crippen molar-refractivity contribution in [2.45, 2.75) is 18.4 Å². The third-order valence-corrected chi connectivity index (χ3v) is 5.50. The molecule has 1 amide bonds. The molecule has 0 spiro atoms. The predicted molar refractivity (Wildman–Crippen MR) is 106 cm³/mol. The summed E-state index contributed by atoms with van der Waals surface area (Å²) in [5.74, 6) is -0.982. The van der Waals surface area contributed by atoms with Crippen molar-refractivity contribution in [3.8, 4) is 0 Å². The lowest BCUT2D eigenvalue weighted by molar-refractivity contribution is 0.0951. The fourth-order valence-electron chi connectivity index (χ4n) is 2.52. The van der Waals surface area contributed by atoms with E-state index in [1.165, 1.54) is 48.5 Å². The Morgan fingerprint density at radius 1 is 0.929 bits per heavy atom. The van der Waals surface area contributed by atoms with Gasteiger partial charge in [-0.25, -0.2) is 12.8 Å². The van der Waals surface area contributed by atoms with E-state index in [0.717, 1.165) is 11.1 Å². The number of carbonyl (C=O) groups is 1. The van der Waals surface area contributed by atoms with Gasteiger partial charge >= 0.3 is 0 Å². The highest BCUT2D eigenvalue weighted by Crippen LogP contribution is 2.19. The Balaban J connectivity index is 1.67. The molecule has 0 radical (unpaired) electrons. The van der Waals surface area contributed by atoms with Gasteiger partial charge in [0.05, 0.1) is 10.6 Å². The van der Waals surface area contributed by atoms with Gasteiger partial charge in [-0.2, -0.15) is 0 Å². The Morgan fingerprint density at radius 3 is 2.21 bits per heavy atom. The van der Waals surface area contributed by atoms with Crippen LogP contribution in [0.2, 0.25) is 0 Å². The number of benzene rings is 3. The molecule has 0 unspecified atom stereocenters. The van der Waals surface area contributed by atoms with E-state index in [9.17, 15) is 17.6 Å². The van der Waals surface area contributed by atoms with Crippen LogP contribution in [-0.4, -0.2) is 14.3 Å². The Labute approximate surface area is 163 Å². The van der Waals surface area contributed by atoms with Crippen LogP contribution in [0.15, 0.2) is 77.7 Å². The average molecular weight is 398 g/mol. The van der Waals surface area contributed by atoms with Crippen molar-refractivity contribution in [3.63, 3.8) is 0 Å². The normalized spacial score (nSPS) is 11.1. The number of halogens is 1. The lowest BCUT2D eigenvalue weighted by Gasteiger charge is -2.10. The largest absolute Gasteiger partial charge is 0.348 e. The fraction of sp³-hybridized carbons (Fsp3) is 0.0952. The zero-order valence-electron chi connectivity index (χ0n) is 15.1. The van der Waals surface area contributed by atoms with E-state index in [0.29, 0.717) is 12.1 Å². The van der Waals surface area contributed by atoms with Crippen LogP contribution in [0.4, 0.5) is 10.1 Å². The maximum atomic E-state index is 13.7. The van der Waals surface area contributed by atoms with Gasteiger partial charge < -0.3 is 5.32 Å². The van der Waals surface area contributed by atoms with Gasteiger partial charge in [0.1, 0.15) is 5.82 Å². The molecule has 0 aromatic heterocycles. The SMILES string of the molecule is Cc1ccc(CNC(=O)c2ccc(S(=O)(=O)Nc3ccccc3F)cc2)cc1. The first-order chi connectivity index (χ1) is 13.3. The Hall–Kier alpha value is -3.19. The van der Waals surface area contributed by atoms with Gasteiger partial charge in [-0.3, -0.25) is 9.52 Å². The second-order valence-electron chi connectivity index (χ2n) is 6.28. The van der Waals surface area contributed by atoms with Crippen LogP contribution in [-0.2, 0) is 16.6 Å². The highest BCUT2D eigenvalue weighted by molar-refractivity contribution is 7.92. The van der Waals surface area contributed by atoms with Gasteiger partial charge in [-0.05, 0) is 48.9 Å². The number of hydrogen-bond donors (Lipinski definition) is 2. The highest BCUT2D eigenvalue weighted by Gasteiger charge is 2.17. The second kappa shape index (κ2) is 8.22. The summed E-state index contributed by atoms with van der Waals surface area (Å²) in [5.41, 5.74) is 2.29. The number of rotatable bonds is 6. The summed E-state index contributed by atoms with van der Waals surface area (Å²) in [5, 5.41) is 2.79. The van der Waals surface area contributed by atoms with Crippen LogP contribution < -0.4 is 10.0 Å². The molecule has 0 saturated heterocycles. The number of anilines is 1. The Morgan fingerprint density at radius 2 is 1.57 bits per heavy atom. The lowest BCUT2D eigenvalue weighted by atomic mass is 10.1. The number of para-hydroxylation sites is 1. The average Bonchev–Trinajstić information content (AvgIpc) is 2.69. The van der Waals surface area contributed by atoms with Crippen molar-refractivity contribution in [1.29, 1.82) is 0 Å². The first kappa shape index (κ1) is 19.6. The van der Waals surface area contributed by atoms with Crippen molar-refractivity contribution >= 4 is 21.6 Å². The Kier molecular flexibility index (Phi) is 5.75. The summed E-state index contributed by atoms with van der Waals surface area (Å²) in [7, 11) is -3.96. The molecule has 2 N–H and O–H groups in total. The molecule has 0 bridgehead atoms. The zero-order chi connectivity index (χ0) is 20.1. The van der Waals surface area contributed by atoms with Crippen molar-refractivity contribution in [3.05, 3.63) is 95.3 Å². The van der Waals surface area contributed by atoms with Gasteiger partial charge in [0.15, 0.2) is 0 Å². The van der Waals surface area contributed by atoms with Crippen LogP contribution in [0.3, 0.4) is 0 Å². The first-order valence-corrected chi connectivity index (χ1v) is 10.0. The van der Waals surface area contributed by atoms with E-state index >= 15 is 0 Å². The quantitative estimate of drug-likeness (QED) is 0.662. The minimum Gasteiger partial charge on any atom is -0.348 e. The Bertz CT molecular complexity index is 1080. The summed E-state index contributed by atoms with van der Waals surface area (Å²) in [6, 6.07) is 18.7.